The number of aromatic nitrogens is 1. The molecule has 0 saturated carbocycles. The van der Waals surface area contributed by atoms with Crippen LogP contribution in [0.4, 0.5) is 18.7 Å². The number of benzene rings is 1. The topological polar surface area (TPSA) is 83.0 Å². The van der Waals surface area contributed by atoms with Crippen LogP contribution in [-0.4, -0.2) is 58.8 Å². The highest BCUT2D eigenvalue weighted by Crippen LogP contribution is 2.35. The molecule has 156 valence electrons. The standard InChI is InChI=1S/C19H21F2N3O4S/c1-19(2,3)28-18(27)24-8-6-23(7-9-24)17-22-14(15(29-17)16(25)26)12-10-11(20)4-5-13(12)21/h4-5,10H,6-9H2,1-3H3,(H,25,26). The van der Waals surface area contributed by atoms with Gasteiger partial charge in [0.2, 0.25) is 0 Å². The van der Waals surface area contributed by atoms with Crippen molar-refractivity contribution in [2.45, 2.75) is 26.4 Å². The molecule has 0 atom stereocenters. The fraction of sp³-hybridized carbons (Fsp3) is 0.421. The van der Waals surface area contributed by atoms with Crippen LogP contribution in [0.3, 0.4) is 0 Å². The van der Waals surface area contributed by atoms with E-state index in [-0.39, 0.29) is 16.1 Å². The van der Waals surface area contributed by atoms with Gasteiger partial charge >= 0.3 is 12.1 Å². The van der Waals surface area contributed by atoms with Gasteiger partial charge in [0, 0.05) is 31.7 Å². The van der Waals surface area contributed by atoms with Gasteiger partial charge in [-0.3, -0.25) is 0 Å². The van der Waals surface area contributed by atoms with Gasteiger partial charge in [-0.05, 0) is 39.0 Å². The van der Waals surface area contributed by atoms with Gasteiger partial charge in [0.05, 0.1) is 0 Å². The molecule has 0 spiro atoms. The highest BCUT2D eigenvalue weighted by atomic mass is 32.1. The Morgan fingerprint density at radius 2 is 1.83 bits per heavy atom. The third kappa shape index (κ3) is 4.81. The number of aromatic carboxylic acids is 1. The molecule has 1 amide bonds. The van der Waals surface area contributed by atoms with E-state index in [0.29, 0.717) is 31.3 Å². The van der Waals surface area contributed by atoms with Crippen molar-refractivity contribution < 1.29 is 28.2 Å². The van der Waals surface area contributed by atoms with Gasteiger partial charge in [-0.25, -0.2) is 23.4 Å². The Hall–Kier alpha value is -2.75. The van der Waals surface area contributed by atoms with Crippen LogP contribution < -0.4 is 4.90 Å². The first-order valence-electron chi connectivity index (χ1n) is 8.97. The van der Waals surface area contributed by atoms with Crippen LogP contribution in [0.2, 0.25) is 0 Å². The van der Waals surface area contributed by atoms with Crippen molar-refractivity contribution in [3.63, 3.8) is 0 Å². The van der Waals surface area contributed by atoms with Crippen LogP contribution in [-0.2, 0) is 4.74 Å². The van der Waals surface area contributed by atoms with Crippen molar-refractivity contribution in [2.75, 3.05) is 31.1 Å². The fourth-order valence-electron chi connectivity index (χ4n) is 2.86. The minimum Gasteiger partial charge on any atom is -0.477 e. The summed E-state index contributed by atoms with van der Waals surface area (Å²) in [5.41, 5.74) is -0.898. The number of hydrogen-bond donors (Lipinski definition) is 1. The molecular formula is C19H21F2N3O4S. The number of rotatable bonds is 3. The first kappa shape index (κ1) is 21.0. The van der Waals surface area contributed by atoms with E-state index in [1.54, 1.807) is 25.7 Å². The summed E-state index contributed by atoms with van der Waals surface area (Å²) in [5, 5.41) is 9.87. The van der Waals surface area contributed by atoms with E-state index in [9.17, 15) is 23.5 Å². The smallest absolute Gasteiger partial charge is 0.410 e. The first-order chi connectivity index (χ1) is 13.5. The average Bonchev–Trinajstić information content (AvgIpc) is 3.08. The minimum absolute atomic E-state index is 0.107. The number of thiazole rings is 1. The molecular weight excluding hydrogens is 404 g/mol. The maximum atomic E-state index is 14.2. The summed E-state index contributed by atoms with van der Waals surface area (Å²) in [6.07, 6.45) is -0.412. The average molecular weight is 425 g/mol. The van der Waals surface area contributed by atoms with E-state index >= 15 is 0 Å². The van der Waals surface area contributed by atoms with Gasteiger partial charge in [-0.15, -0.1) is 0 Å². The zero-order valence-electron chi connectivity index (χ0n) is 16.2. The van der Waals surface area contributed by atoms with Gasteiger partial charge in [0.25, 0.3) is 0 Å². The third-order valence-electron chi connectivity index (χ3n) is 4.20. The zero-order chi connectivity index (χ0) is 21.3. The SMILES string of the molecule is CC(C)(C)OC(=O)N1CCN(c2nc(-c3cc(F)ccc3F)c(C(=O)O)s2)CC1. The van der Waals surface area contributed by atoms with Gasteiger partial charge in [0.15, 0.2) is 5.13 Å². The Morgan fingerprint density at radius 1 is 1.17 bits per heavy atom. The number of hydrogen-bond acceptors (Lipinski definition) is 6. The molecule has 10 heteroatoms. The van der Waals surface area contributed by atoms with Crippen LogP contribution in [0, 0.1) is 11.6 Å². The lowest BCUT2D eigenvalue weighted by Gasteiger charge is -2.35. The van der Waals surface area contributed by atoms with E-state index in [2.05, 4.69) is 4.98 Å². The van der Waals surface area contributed by atoms with Crippen molar-refractivity contribution in [3.8, 4) is 11.3 Å². The van der Waals surface area contributed by atoms with Crippen molar-refractivity contribution in [1.29, 1.82) is 0 Å². The molecule has 1 aromatic heterocycles. The first-order valence-corrected chi connectivity index (χ1v) is 9.79. The quantitative estimate of drug-likeness (QED) is 0.805. The number of nitrogens with zero attached hydrogens (tertiary/aromatic N) is 3. The number of ether oxygens (including phenoxy) is 1. The molecule has 1 N–H and O–H groups in total. The van der Waals surface area contributed by atoms with Crippen LogP contribution in [0.1, 0.15) is 30.4 Å². The minimum atomic E-state index is -1.26. The molecule has 7 nitrogen and oxygen atoms in total. The lowest BCUT2D eigenvalue weighted by atomic mass is 10.1. The number of amides is 1. The molecule has 1 fully saturated rings. The van der Waals surface area contributed by atoms with E-state index in [4.69, 9.17) is 4.74 Å². The van der Waals surface area contributed by atoms with Crippen LogP contribution in [0.25, 0.3) is 11.3 Å². The summed E-state index contributed by atoms with van der Waals surface area (Å²) in [4.78, 5) is 31.3. The maximum absolute atomic E-state index is 14.2. The molecule has 1 aromatic carbocycles. The molecule has 1 aliphatic rings. The Morgan fingerprint density at radius 3 is 2.41 bits per heavy atom. The predicted octanol–water partition coefficient (Wildman–Crippen LogP) is 3.84. The Balaban J connectivity index is 1.80. The fourth-order valence-corrected chi connectivity index (χ4v) is 3.83. The number of halogens is 2. The number of carbonyl (C=O) groups is 2. The largest absolute Gasteiger partial charge is 0.477 e. The van der Waals surface area contributed by atoms with Crippen LogP contribution in [0.5, 0.6) is 0 Å². The molecule has 2 heterocycles. The van der Waals surface area contributed by atoms with Crippen molar-refractivity contribution in [3.05, 3.63) is 34.7 Å². The summed E-state index contributed by atoms with van der Waals surface area (Å²) < 4.78 is 33.1. The Kier molecular flexibility index (Phi) is 5.74. The van der Waals surface area contributed by atoms with Crippen molar-refractivity contribution in [1.82, 2.24) is 9.88 Å². The van der Waals surface area contributed by atoms with E-state index in [1.165, 1.54) is 0 Å². The number of carbonyl (C=O) groups excluding carboxylic acids is 1. The zero-order valence-corrected chi connectivity index (χ0v) is 17.1. The highest BCUT2D eigenvalue weighted by molar-refractivity contribution is 7.17. The van der Waals surface area contributed by atoms with Crippen molar-refractivity contribution in [2.24, 2.45) is 0 Å². The normalized spacial score (nSPS) is 14.8. The van der Waals surface area contributed by atoms with Gasteiger partial charge in [0.1, 0.15) is 27.8 Å². The van der Waals surface area contributed by atoms with E-state index < -0.39 is 29.3 Å². The van der Waals surface area contributed by atoms with Gasteiger partial charge in [-0.2, -0.15) is 0 Å². The molecule has 0 unspecified atom stereocenters. The second kappa shape index (κ2) is 7.94. The molecule has 0 aliphatic carbocycles. The second-order valence-electron chi connectivity index (χ2n) is 7.56. The summed E-state index contributed by atoms with van der Waals surface area (Å²) in [7, 11) is 0. The van der Waals surface area contributed by atoms with Gasteiger partial charge < -0.3 is 19.6 Å². The molecule has 29 heavy (non-hydrogen) atoms. The lowest BCUT2D eigenvalue weighted by Crippen LogP contribution is -2.50. The molecule has 1 saturated heterocycles. The van der Waals surface area contributed by atoms with Crippen LogP contribution in [0.15, 0.2) is 18.2 Å². The molecule has 0 radical (unpaired) electrons. The molecule has 0 bridgehead atoms. The molecule has 1 aliphatic heterocycles. The van der Waals surface area contributed by atoms with Crippen LogP contribution >= 0.6 is 11.3 Å². The summed E-state index contributed by atoms with van der Waals surface area (Å²) in [6, 6.07) is 2.83. The number of anilines is 1. The summed E-state index contributed by atoms with van der Waals surface area (Å²) in [6.45, 7) is 6.95. The number of piperazine rings is 1. The maximum Gasteiger partial charge on any atom is 0.410 e. The molecule has 2 aromatic rings. The van der Waals surface area contributed by atoms with E-state index in [1.807, 2.05) is 4.90 Å². The Labute approximate surface area is 170 Å². The van der Waals surface area contributed by atoms with E-state index in [0.717, 1.165) is 29.5 Å². The predicted molar refractivity (Wildman–Crippen MR) is 104 cm³/mol. The third-order valence-corrected chi connectivity index (χ3v) is 5.30. The Bertz CT molecular complexity index is 934. The highest BCUT2D eigenvalue weighted by Gasteiger charge is 2.29. The monoisotopic (exact) mass is 425 g/mol. The molecule has 3 rings (SSSR count). The van der Waals surface area contributed by atoms with Gasteiger partial charge in [-0.1, -0.05) is 11.3 Å². The second-order valence-corrected chi connectivity index (χ2v) is 8.54. The van der Waals surface area contributed by atoms with Crippen molar-refractivity contribution >= 4 is 28.5 Å². The lowest BCUT2D eigenvalue weighted by molar-refractivity contribution is 0.0240. The summed E-state index contributed by atoms with van der Waals surface area (Å²) >= 11 is 0.895. The number of carboxylic acids is 1. The number of carboxylic acid groups (broad SMARTS) is 1. The summed E-state index contributed by atoms with van der Waals surface area (Å²) in [5.74, 6) is -2.70.